The SMILES string of the molecule is Cc1ccnc(NC(=O)c2ccc(-c3nc([C@@H]4CCCCN4C(=O)/C=C/C(F)(F)F)n(N)c3C(N)=O)cc2)c1. The summed E-state index contributed by atoms with van der Waals surface area (Å²) in [6, 6.07) is 8.93. The number of rotatable bonds is 6. The van der Waals surface area contributed by atoms with E-state index in [9.17, 15) is 27.6 Å². The van der Waals surface area contributed by atoms with Crippen LogP contribution in [0.1, 0.15) is 57.5 Å². The second-order valence-electron chi connectivity index (χ2n) is 9.07. The molecule has 3 amide bonds. The zero-order chi connectivity index (χ0) is 28.3. The van der Waals surface area contributed by atoms with Crippen LogP contribution < -0.4 is 16.9 Å². The van der Waals surface area contributed by atoms with Gasteiger partial charge in [0.25, 0.3) is 11.8 Å². The van der Waals surface area contributed by atoms with Crippen LogP contribution >= 0.6 is 0 Å². The Morgan fingerprint density at radius 3 is 2.49 bits per heavy atom. The Bertz CT molecular complexity index is 1430. The summed E-state index contributed by atoms with van der Waals surface area (Å²) in [6.45, 7) is 2.06. The van der Waals surface area contributed by atoms with E-state index in [0.29, 0.717) is 42.3 Å². The predicted molar refractivity (Wildman–Crippen MR) is 137 cm³/mol. The first-order chi connectivity index (χ1) is 18.4. The number of nitrogen functional groups attached to an aromatic ring is 1. The Hall–Kier alpha value is -4.68. The number of nitrogens with one attached hydrogen (secondary N) is 1. The molecule has 3 aromatic rings. The van der Waals surface area contributed by atoms with Gasteiger partial charge in [0.1, 0.15) is 11.5 Å². The summed E-state index contributed by atoms with van der Waals surface area (Å²) in [4.78, 5) is 47.5. The molecule has 1 saturated heterocycles. The molecule has 0 saturated carbocycles. The quantitative estimate of drug-likeness (QED) is 0.321. The van der Waals surface area contributed by atoms with Crippen LogP contribution in [-0.4, -0.2) is 50.0 Å². The zero-order valence-corrected chi connectivity index (χ0v) is 20.9. The Morgan fingerprint density at radius 1 is 1.13 bits per heavy atom. The van der Waals surface area contributed by atoms with Crippen molar-refractivity contribution < 1.29 is 27.6 Å². The number of primary amides is 1. The van der Waals surface area contributed by atoms with Crippen LogP contribution in [0.3, 0.4) is 0 Å². The lowest BCUT2D eigenvalue weighted by atomic mass is 10.0. The number of likely N-dealkylation sites (tertiary alicyclic amines) is 1. The van der Waals surface area contributed by atoms with Gasteiger partial charge in [0, 0.05) is 36.0 Å². The number of carbonyl (C=O) groups is 3. The molecule has 204 valence electrons. The average Bonchev–Trinajstić information content (AvgIpc) is 3.24. The first kappa shape index (κ1) is 27.4. The number of halogens is 3. The number of anilines is 1. The lowest BCUT2D eigenvalue weighted by Crippen LogP contribution is -2.40. The number of amides is 3. The molecule has 0 radical (unpaired) electrons. The van der Waals surface area contributed by atoms with Gasteiger partial charge in [0.2, 0.25) is 5.91 Å². The number of imidazole rings is 1. The van der Waals surface area contributed by atoms with E-state index in [4.69, 9.17) is 11.6 Å². The van der Waals surface area contributed by atoms with Gasteiger partial charge in [-0.3, -0.25) is 14.4 Å². The van der Waals surface area contributed by atoms with Crippen LogP contribution in [0, 0.1) is 6.92 Å². The van der Waals surface area contributed by atoms with Gasteiger partial charge in [-0.05, 0) is 56.0 Å². The molecule has 1 fully saturated rings. The fourth-order valence-electron chi connectivity index (χ4n) is 4.42. The topological polar surface area (TPSA) is 149 Å². The molecule has 39 heavy (non-hydrogen) atoms. The molecule has 10 nitrogen and oxygen atoms in total. The average molecular weight is 542 g/mol. The number of alkyl halides is 3. The van der Waals surface area contributed by atoms with Gasteiger partial charge in [0.05, 0.1) is 6.04 Å². The normalized spacial score (nSPS) is 15.9. The third kappa shape index (κ3) is 6.25. The van der Waals surface area contributed by atoms with Crippen molar-refractivity contribution in [2.24, 2.45) is 5.73 Å². The third-order valence-electron chi connectivity index (χ3n) is 6.25. The van der Waals surface area contributed by atoms with Crippen molar-refractivity contribution in [3.05, 3.63) is 77.4 Å². The molecular formula is C26H26F3N7O3. The maximum absolute atomic E-state index is 12.6. The smallest absolute Gasteiger partial charge is 0.364 e. The Kier molecular flexibility index (Phi) is 7.70. The van der Waals surface area contributed by atoms with Crippen LogP contribution in [0.2, 0.25) is 0 Å². The summed E-state index contributed by atoms with van der Waals surface area (Å²) in [7, 11) is 0. The Morgan fingerprint density at radius 2 is 1.85 bits per heavy atom. The van der Waals surface area contributed by atoms with Crippen LogP contribution in [-0.2, 0) is 4.79 Å². The van der Waals surface area contributed by atoms with E-state index in [-0.39, 0.29) is 29.8 Å². The van der Waals surface area contributed by atoms with Crippen molar-refractivity contribution in [3.8, 4) is 11.3 Å². The highest BCUT2D eigenvalue weighted by Crippen LogP contribution is 2.34. The van der Waals surface area contributed by atoms with Gasteiger partial charge in [-0.2, -0.15) is 13.2 Å². The summed E-state index contributed by atoms with van der Waals surface area (Å²) >= 11 is 0. The van der Waals surface area contributed by atoms with Crippen molar-refractivity contribution in [1.29, 1.82) is 0 Å². The van der Waals surface area contributed by atoms with E-state index < -0.39 is 29.9 Å². The molecule has 1 aliphatic rings. The number of aromatic nitrogens is 3. The van der Waals surface area contributed by atoms with Crippen molar-refractivity contribution in [3.63, 3.8) is 0 Å². The van der Waals surface area contributed by atoms with Gasteiger partial charge >= 0.3 is 6.18 Å². The Labute approximate surface area is 221 Å². The zero-order valence-electron chi connectivity index (χ0n) is 20.9. The van der Waals surface area contributed by atoms with Crippen LogP contribution in [0.15, 0.2) is 54.7 Å². The first-order valence-electron chi connectivity index (χ1n) is 12.0. The summed E-state index contributed by atoms with van der Waals surface area (Å²) < 4.78 is 38.9. The summed E-state index contributed by atoms with van der Waals surface area (Å²) in [6.07, 6.45) is -1.08. The minimum Gasteiger partial charge on any atom is -0.364 e. The number of piperidine rings is 1. The lowest BCUT2D eigenvalue weighted by Gasteiger charge is -2.34. The minimum absolute atomic E-state index is 0.111. The summed E-state index contributed by atoms with van der Waals surface area (Å²) in [5.74, 6) is 4.57. The molecule has 0 aliphatic carbocycles. The van der Waals surface area contributed by atoms with Gasteiger partial charge in [-0.25, -0.2) is 14.6 Å². The minimum atomic E-state index is -4.64. The molecule has 2 aromatic heterocycles. The first-order valence-corrected chi connectivity index (χ1v) is 12.0. The van der Waals surface area contributed by atoms with Crippen LogP contribution in [0.25, 0.3) is 11.3 Å². The predicted octanol–water partition coefficient (Wildman–Crippen LogP) is 3.49. The number of allylic oxidation sites excluding steroid dienone is 1. The highest BCUT2D eigenvalue weighted by atomic mass is 19.4. The number of pyridine rings is 1. The molecule has 13 heteroatoms. The maximum atomic E-state index is 12.6. The molecule has 1 aromatic carbocycles. The number of hydrogen-bond donors (Lipinski definition) is 3. The fraction of sp³-hybridized carbons (Fsp3) is 0.269. The van der Waals surface area contributed by atoms with E-state index in [0.717, 1.165) is 10.2 Å². The highest BCUT2D eigenvalue weighted by molar-refractivity contribution is 6.04. The molecule has 0 bridgehead atoms. The summed E-state index contributed by atoms with van der Waals surface area (Å²) in [5.41, 5.74) is 7.24. The summed E-state index contributed by atoms with van der Waals surface area (Å²) in [5, 5.41) is 2.70. The number of hydrogen-bond acceptors (Lipinski definition) is 6. The maximum Gasteiger partial charge on any atom is 0.409 e. The largest absolute Gasteiger partial charge is 0.409 e. The monoisotopic (exact) mass is 541 g/mol. The van der Waals surface area contributed by atoms with Crippen LogP contribution in [0.5, 0.6) is 0 Å². The van der Waals surface area contributed by atoms with Gasteiger partial charge < -0.3 is 21.8 Å². The number of nitrogens with two attached hydrogens (primary N) is 2. The standard InChI is InChI=1S/C26H26F3N7O3/c1-15-10-12-32-19(14-15)33-25(39)17-7-5-16(6-8-17)21-22(23(30)38)36(31)24(34-21)18-4-2-3-13-35(18)20(37)9-11-26(27,28)29/h5-12,14,18H,2-4,13,31H2,1H3,(H2,30,38)(H,32,33,39)/b11-9+/t18-/m0/s1. The second-order valence-corrected chi connectivity index (χ2v) is 9.07. The van der Waals surface area contributed by atoms with E-state index in [2.05, 4.69) is 15.3 Å². The molecule has 5 N–H and O–H groups in total. The van der Waals surface area contributed by atoms with E-state index >= 15 is 0 Å². The fourth-order valence-corrected chi connectivity index (χ4v) is 4.42. The molecule has 1 atom stereocenters. The number of nitrogens with zero attached hydrogens (tertiary/aromatic N) is 4. The molecular weight excluding hydrogens is 515 g/mol. The molecule has 1 aliphatic heterocycles. The van der Waals surface area contributed by atoms with E-state index in [1.54, 1.807) is 30.5 Å². The molecule has 4 rings (SSSR count). The van der Waals surface area contributed by atoms with Crippen LogP contribution in [0.4, 0.5) is 19.0 Å². The van der Waals surface area contributed by atoms with Gasteiger partial charge in [-0.15, -0.1) is 0 Å². The molecule has 3 heterocycles. The number of carbonyl (C=O) groups excluding carboxylic acids is 3. The van der Waals surface area contributed by atoms with E-state index in [1.165, 1.54) is 17.0 Å². The van der Waals surface area contributed by atoms with Crippen molar-refractivity contribution in [2.75, 3.05) is 17.7 Å². The second kappa shape index (κ2) is 11.0. The number of aryl methyl sites for hydroxylation is 1. The van der Waals surface area contributed by atoms with Gasteiger partial charge in [0.15, 0.2) is 11.5 Å². The molecule has 0 unspecified atom stereocenters. The highest BCUT2D eigenvalue weighted by Gasteiger charge is 2.34. The van der Waals surface area contributed by atoms with E-state index in [1.807, 2.05) is 6.92 Å². The third-order valence-corrected chi connectivity index (χ3v) is 6.25. The van der Waals surface area contributed by atoms with Crippen molar-refractivity contribution in [1.82, 2.24) is 19.5 Å². The van der Waals surface area contributed by atoms with Crippen molar-refractivity contribution >= 4 is 23.5 Å². The van der Waals surface area contributed by atoms with Crippen molar-refractivity contribution in [2.45, 2.75) is 38.4 Å². The number of benzene rings is 1. The lowest BCUT2D eigenvalue weighted by molar-refractivity contribution is -0.130. The Balaban J connectivity index is 1.64. The van der Waals surface area contributed by atoms with Gasteiger partial charge in [-0.1, -0.05) is 12.1 Å². The molecule has 0 spiro atoms.